The van der Waals surface area contributed by atoms with E-state index in [0.29, 0.717) is 0 Å². The number of pyridine rings is 1. The summed E-state index contributed by atoms with van der Waals surface area (Å²) in [5.74, 6) is 0.765. The van der Waals surface area contributed by atoms with Crippen molar-refractivity contribution in [1.29, 1.82) is 0 Å². The number of nitrogens with zero attached hydrogens (tertiary/aromatic N) is 4. The number of imidazole rings is 1. The minimum atomic E-state index is 0.750. The van der Waals surface area contributed by atoms with E-state index in [-0.39, 0.29) is 0 Å². The molecule has 0 bridgehead atoms. The Bertz CT molecular complexity index is 1000. The second-order valence-corrected chi connectivity index (χ2v) is 6.30. The number of hydrogen-bond acceptors (Lipinski definition) is 6. The second-order valence-electron chi connectivity index (χ2n) is 5.30. The average Bonchev–Trinajstić information content (AvgIpc) is 3.25. The van der Waals surface area contributed by atoms with Gasteiger partial charge < -0.3 is 15.2 Å². The van der Waals surface area contributed by atoms with Crippen LogP contribution in [-0.2, 0) is 7.05 Å². The van der Waals surface area contributed by atoms with Gasteiger partial charge >= 0.3 is 0 Å². The molecule has 0 aliphatic heterocycles. The fraction of sp³-hybridized carbons (Fsp3) is 0.167. The molecule has 0 unspecified atom stereocenters. The highest BCUT2D eigenvalue weighted by atomic mass is 32.1. The van der Waals surface area contributed by atoms with Crippen LogP contribution in [0.1, 0.15) is 5.56 Å². The van der Waals surface area contributed by atoms with Gasteiger partial charge in [-0.15, -0.1) is 0 Å². The van der Waals surface area contributed by atoms with E-state index in [0.717, 1.165) is 32.3 Å². The monoisotopic (exact) mass is 352 g/mol. The lowest BCUT2D eigenvalue weighted by Gasteiger charge is -2.01. The van der Waals surface area contributed by atoms with Gasteiger partial charge in [0.25, 0.3) is 0 Å². The molecule has 25 heavy (non-hydrogen) atoms. The van der Waals surface area contributed by atoms with Crippen LogP contribution in [0.25, 0.3) is 27.5 Å². The van der Waals surface area contributed by atoms with Gasteiger partial charge in [-0.05, 0) is 5.56 Å². The SMILES string of the molecule is C=Cc1ccccc1.CNc1nc2nc(NC)c3ncn(C)c3c2s1. The van der Waals surface area contributed by atoms with Gasteiger partial charge in [-0.25, -0.2) is 9.97 Å². The summed E-state index contributed by atoms with van der Waals surface area (Å²) < 4.78 is 3.06. The molecule has 3 heterocycles. The number of thiazole rings is 1. The third-order valence-corrected chi connectivity index (χ3v) is 4.76. The van der Waals surface area contributed by atoms with Crippen molar-refractivity contribution in [3.63, 3.8) is 0 Å². The first kappa shape index (κ1) is 16.9. The van der Waals surface area contributed by atoms with Gasteiger partial charge in [-0.1, -0.05) is 54.3 Å². The van der Waals surface area contributed by atoms with Gasteiger partial charge in [-0.2, -0.15) is 4.98 Å². The number of benzene rings is 1. The van der Waals surface area contributed by atoms with Gasteiger partial charge in [-0.3, -0.25) is 0 Å². The molecule has 1 aromatic carbocycles. The summed E-state index contributed by atoms with van der Waals surface area (Å²) >= 11 is 1.59. The maximum Gasteiger partial charge on any atom is 0.185 e. The van der Waals surface area contributed by atoms with Crippen molar-refractivity contribution in [2.45, 2.75) is 0 Å². The van der Waals surface area contributed by atoms with Gasteiger partial charge in [0.15, 0.2) is 16.6 Å². The molecule has 3 aromatic heterocycles. The van der Waals surface area contributed by atoms with Crippen LogP contribution >= 0.6 is 11.3 Å². The molecule has 0 saturated carbocycles. The number of aryl methyl sites for hydroxylation is 1. The fourth-order valence-corrected chi connectivity index (χ4v) is 3.39. The lowest BCUT2D eigenvalue weighted by molar-refractivity contribution is 0.951. The molecule has 4 rings (SSSR count). The van der Waals surface area contributed by atoms with Gasteiger partial charge in [0.2, 0.25) is 0 Å². The molecule has 0 aliphatic rings. The Morgan fingerprint density at radius 2 is 1.88 bits per heavy atom. The molecule has 0 spiro atoms. The molecule has 128 valence electrons. The zero-order chi connectivity index (χ0) is 17.8. The zero-order valence-electron chi connectivity index (χ0n) is 14.4. The van der Waals surface area contributed by atoms with E-state index in [1.165, 1.54) is 5.56 Å². The van der Waals surface area contributed by atoms with Crippen molar-refractivity contribution in [3.05, 3.63) is 48.8 Å². The number of nitrogens with one attached hydrogen (secondary N) is 2. The summed E-state index contributed by atoms with van der Waals surface area (Å²) in [5.41, 5.74) is 3.87. The first-order valence-electron chi connectivity index (χ1n) is 7.82. The van der Waals surface area contributed by atoms with Gasteiger partial charge in [0.05, 0.1) is 11.8 Å². The Morgan fingerprint density at radius 3 is 2.48 bits per heavy atom. The lowest BCUT2D eigenvalue weighted by Crippen LogP contribution is -1.95. The highest BCUT2D eigenvalue weighted by molar-refractivity contribution is 7.23. The Morgan fingerprint density at radius 1 is 1.12 bits per heavy atom. The summed E-state index contributed by atoms with van der Waals surface area (Å²) in [6.07, 6.45) is 3.63. The molecule has 0 aliphatic carbocycles. The van der Waals surface area contributed by atoms with Crippen molar-refractivity contribution in [3.8, 4) is 0 Å². The maximum atomic E-state index is 4.48. The molecule has 0 atom stereocenters. The quantitative estimate of drug-likeness (QED) is 0.583. The standard InChI is InChI=1S/C10H12N6S.C8H8/c1-11-8-5-6(16(3)4-13-5)7-9(14-8)15-10(12-2)17-7;1-2-8-6-4-3-5-7-8/h4H,1-3H3,(H2,11,12,14,15);2-7H,1H2. The van der Waals surface area contributed by atoms with E-state index in [4.69, 9.17) is 0 Å². The summed E-state index contributed by atoms with van der Waals surface area (Å²) in [6.45, 7) is 3.63. The number of fused-ring (bicyclic) bond motifs is 3. The number of aromatic nitrogens is 4. The highest BCUT2D eigenvalue weighted by Gasteiger charge is 2.15. The van der Waals surface area contributed by atoms with Crippen molar-refractivity contribution in [2.24, 2.45) is 7.05 Å². The highest BCUT2D eigenvalue weighted by Crippen LogP contribution is 2.33. The summed E-state index contributed by atoms with van der Waals surface area (Å²) in [5, 5.41) is 6.97. The molecular weight excluding hydrogens is 332 g/mol. The Hall–Kier alpha value is -2.93. The summed E-state index contributed by atoms with van der Waals surface area (Å²) in [6, 6.07) is 10.0. The van der Waals surface area contributed by atoms with Crippen LogP contribution in [0.4, 0.5) is 10.9 Å². The van der Waals surface area contributed by atoms with Crippen molar-refractivity contribution < 1.29 is 0 Å². The van der Waals surface area contributed by atoms with Crippen LogP contribution in [-0.4, -0.2) is 33.6 Å². The van der Waals surface area contributed by atoms with Gasteiger partial charge in [0, 0.05) is 21.1 Å². The van der Waals surface area contributed by atoms with E-state index in [1.54, 1.807) is 17.7 Å². The van der Waals surface area contributed by atoms with Crippen LogP contribution in [0.5, 0.6) is 0 Å². The normalized spacial score (nSPS) is 10.4. The summed E-state index contributed by atoms with van der Waals surface area (Å²) in [7, 11) is 5.68. The smallest absolute Gasteiger partial charge is 0.185 e. The van der Waals surface area contributed by atoms with Crippen molar-refractivity contribution >= 4 is 49.7 Å². The van der Waals surface area contributed by atoms with E-state index >= 15 is 0 Å². The average molecular weight is 352 g/mol. The first-order chi connectivity index (χ1) is 12.2. The van der Waals surface area contributed by atoms with Gasteiger partial charge in [0.1, 0.15) is 10.2 Å². The largest absolute Gasteiger partial charge is 0.371 e. The molecule has 6 nitrogen and oxygen atoms in total. The van der Waals surface area contributed by atoms with Crippen LogP contribution in [0, 0.1) is 0 Å². The predicted molar refractivity (Wildman–Crippen MR) is 107 cm³/mol. The minimum Gasteiger partial charge on any atom is -0.371 e. The van der Waals surface area contributed by atoms with Crippen LogP contribution in [0.2, 0.25) is 0 Å². The molecule has 0 saturated heterocycles. The maximum absolute atomic E-state index is 4.48. The Labute approximate surface area is 150 Å². The molecule has 0 amide bonds. The third kappa shape index (κ3) is 3.32. The van der Waals surface area contributed by atoms with E-state index in [2.05, 4.69) is 32.2 Å². The second kappa shape index (κ2) is 7.31. The third-order valence-electron chi connectivity index (χ3n) is 3.69. The fourth-order valence-electron chi connectivity index (χ4n) is 2.44. The number of rotatable bonds is 3. The predicted octanol–water partition coefficient (Wildman–Crippen LogP) is 3.99. The van der Waals surface area contributed by atoms with Crippen LogP contribution < -0.4 is 10.6 Å². The molecule has 0 fully saturated rings. The molecule has 0 radical (unpaired) electrons. The van der Waals surface area contributed by atoms with Crippen molar-refractivity contribution in [2.75, 3.05) is 24.7 Å². The number of anilines is 2. The van der Waals surface area contributed by atoms with E-state index in [9.17, 15) is 0 Å². The molecule has 4 aromatic rings. The van der Waals surface area contributed by atoms with Crippen molar-refractivity contribution in [1.82, 2.24) is 19.5 Å². The van der Waals surface area contributed by atoms with Crippen LogP contribution in [0.15, 0.2) is 43.2 Å². The Kier molecular flexibility index (Phi) is 4.95. The first-order valence-corrected chi connectivity index (χ1v) is 8.64. The zero-order valence-corrected chi connectivity index (χ0v) is 15.3. The van der Waals surface area contributed by atoms with E-state index < -0.39 is 0 Å². The van der Waals surface area contributed by atoms with Crippen LogP contribution in [0.3, 0.4) is 0 Å². The topological polar surface area (TPSA) is 67.7 Å². The lowest BCUT2D eigenvalue weighted by atomic mass is 10.2. The molecule has 2 N–H and O–H groups in total. The number of hydrogen-bond donors (Lipinski definition) is 2. The molecular formula is C18H20N6S. The molecule has 7 heteroatoms. The minimum absolute atomic E-state index is 0.750. The van der Waals surface area contributed by atoms with E-state index in [1.807, 2.05) is 62.1 Å². The Balaban J connectivity index is 0.000000192. The summed E-state index contributed by atoms with van der Waals surface area (Å²) in [4.78, 5) is 13.3.